The minimum atomic E-state index is -0.435. The highest BCUT2D eigenvalue weighted by atomic mass is 35.5. The second-order valence-electron chi connectivity index (χ2n) is 7.13. The van der Waals surface area contributed by atoms with Crippen LogP contribution in [0.25, 0.3) is 6.08 Å². The van der Waals surface area contributed by atoms with Crippen molar-refractivity contribution in [3.63, 3.8) is 0 Å². The molecule has 4 heteroatoms. The van der Waals surface area contributed by atoms with Crippen LogP contribution in [-0.2, 0) is 4.74 Å². The Labute approximate surface area is 144 Å². The SMILES string of the molecule is Cc1cccc(Cl)c1/C=C/C1CCN(C(=O)OC(C)(C)C)CC1. The molecule has 1 heterocycles. The Morgan fingerprint density at radius 1 is 1.30 bits per heavy atom. The highest BCUT2D eigenvalue weighted by molar-refractivity contribution is 6.32. The maximum Gasteiger partial charge on any atom is 0.410 e. The van der Waals surface area contributed by atoms with Crippen molar-refractivity contribution in [1.82, 2.24) is 4.90 Å². The van der Waals surface area contributed by atoms with E-state index in [-0.39, 0.29) is 6.09 Å². The van der Waals surface area contributed by atoms with E-state index in [4.69, 9.17) is 16.3 Å². The van der Waals surface area contributed by atoms with Crippen LogP contribution in [0.1, 0.15) is 44.7 Å². The van der Waals surface area contributed by atoms with E-state index in [1.54, 1.807) is 4.90 Å². The van der Waals surface area contributed by atoms with E-state index in [0.29, 0.717) is 5.92 Å². The lowest BCUT2D eigenvalue weighted by molar-refractivity contribution is 0.0197. The molecule has 1 amide bonds. The highest BCUT2D eigenvalue weighted by Crippen LogP contribution is 2.25. The van der Waals surface area contributed by atoms with Gasteiger partial charge in [-0.2, -0.15) is 0 Å². The number of hydrogen-bond acceptors (Lipinski definition) is 2. The van der Waals surface area contributed by atoms with Crippen LogP contribution < -0.4 is 0 Å². The van der Waals surface area contributed by atoms with Gasteiger partial charge >= 0.3 is 6.09 Å². The quantitative estimate of drug-likeness (QED) is 0.733. The van der Waals surface area contributed by atoms with Gasteiger partial charge in [-0.15, -0.1) is 0 Å². The first-order valence-corrected chi connectivity index (χ1v) is 8.55. The van der Waals surface area contributed by atoms with Crippen LogP contribution in [0.3, 0.4) is 0 Å². The van der Waals surface area contributed by atoms with Gasteiger partial charge in [0.2, 0.25) is 0 Å². The average Bonchev–Trinajstić information content (AvgIpc) is 2.45. The van der Waals surface area contributed by atoms with Crippen LogP contribution in [-0.4, -0.2) is 29.7 Å². The monoisotopic (exact) mass is 335 g/mol. The van der Waals surface area contributed by atoms with Gasteiger partial charge in [-0.05, 0) is 63.6 Å². The number of amides is 1. The number of hydrogen-bond donors (Lipinski definition) is 0. The summed E-state index contributed by atoms with van der Waals surface area (Å²) >= 11 is 6.25. The maximum atomic E-state index is 12.1. The lowest BCUT2D eigenvalue weighted by Gasteiger charge is -2.32. The number of halogens is 1. The number of rotatable bonds is 2. The van der Waals surface area contributed by atoms with E-state index in [1.807, 2.05) is 32.9 Å². The fourth-order valence-electron chi connectivity index (χ4n) is 2.69. The molecule has 1 aromatic carbocycles. The number of carbonyl (C=O) groups is 1. The Hall–Kier alpha value is -1.48. The molecule has 0 saturated carbocycles. The zero-order valence-electron chi connectivity index (χ0n) is 14.4. The van der Waals surface area contributed by atoms with Crippen LogP contribution in [0.15, 0.2) is 24.3 Å². The second-order valence-corrected chi connectivity index (χ2v) is 7.54. The Morgan fingerprint density at radius 3 is 2.52 bits per heavy atom. The predicted octanol–water partition coefficient (Wildman–Crippen LogP) is 5.31. The molecule has 1 fully saturated rings. The molecule has 0 N–H and O–H groups in total. The topological polar surface area (TPSA) is 29.5 Å². The summed E-state index contributed by atoms with van der Waals surface area (Å²) in [7, 11) is 0. The molecule has 0 spiro atoms. The van der Waals surface area contributed by atoms with Crippen molar-refractivity contribution in [2.45, 2.75) is 46.1 Å². The van der Waals surface area contributed by atoms with Crippen molar-refractivity contribution in [3.05, 3.63) is 40.4 Å². The second kappa shape index (κ2) is 7.39. The first kappa shape index (κ1) is 17.9. The summed E-state index contributed by atoms with van der Waals surface area (Å²) in [5.41, 5.74) is 1.83. The van der Waals surface area contributed by atoms with Crippen LogP contribution in [0.5, 0.6) is 0 Å². The largest absolute Gasteiger partial charge is 0.444 e. The third-order valence-electron chi connectivity index (χ3n) is 4.00. The van der Waals surface area contributed by atoms with E-state index in [1.165, 1.54) is 5.56 Å². The Kier molecular flexibility index (Phi) is 5.74. The average molecular weight is 336 g/mol. The van der Waals surface area contributed by atoms with Crippen molar-refractivity contribution < 1.29 is 9.53 Å². The fourth-order valence-corrected chi connectivity index (χ4v) is 2.97. The van der Waals surface area contributed by atoms with Crippen molar-refractivity contribution in [2.24, 2.45) is 5.92 Å². The molecule has 0 bridgehead atoms. The minimum Gasteiger partial charge on any atom is -0.444 e. The molecular formula is C19H26ClNO2. The Morgan fingerprint density at radius 2 is 1.96 bits per heavy atom. The van der Waals surface area contributed by atoms with Gasteiger partial charge in [0, 0.05) is 18.1 Å². The van der Waals surface area contributed by atoms with Crippen molar-refractivity contribution in [3.8, 4) is 0 Å². The van der Waals surface area contributed by atoms with Crippen LogP contribution in [0.4, 0.5) is 4.79 Å². The summed E-state index contributed by atoms with van der Waals surface area (Å²) in [6, 6.07) is 5.95. The molecule has 1 aliphatic heterocycles. The van der Waals surface area contributed by atoms with Crippen LogP contribution >= 0.6 is 11.6 Å². The molecule has 126 valence electrons. The number of piperidine rings is 1. The fraction of sp³-hybridized carbons (Fsp3) is 0.526. The third-order valence-corrected chi connectivity index (χ3v) is 4.33. The van der Waals surface area contributed by atoms with Gasteiger partial charge in [-0.3, -0.25) is 0 Å². The normalized spacial score (nSPS) is 16.8. The summed E-state index contributed by atoms with van der Waals surface area (Å²) in [6.07, 6.45) is 6.05. The molecule has 23 heavy (non-hydrogen) atoms. The Bertz CT molecular complexity index is 561. The molecule has 1 aliphatic rings. The van der Waals surface area contributed by atoms with Gasteiger partial charge < -0.3 is 9.64 Å². The zero-order valence-corrected chi connectivity index (χ0v) is 15.2. The van der Waals surface area contributed by atoms with Crippen LogP contribution in [0.2, 0.25) is 5.02 Å². The first-order valence-electron chi connectivity index (χ1n) is 8.17. The van der Waals surface area contributed by atoms with E-state index < -0.39 is 5.60 Å². The predicted molar refractivity (Wildman–Crippen MR) is 95.8 cm³/mol. The molecule has 2 rings (SSSR count). The number of aryl methyl sites for hydroxylation is 1. The molecule has 0 atom stereocenters. The molecule has 0 aromatic heterocycles. The minimum absolute atomic E-state index is 0.207. The number of nitrogens with zero attached hydrogens (tertiary/aromatic N) is 1. The molecular weight excluding hydrogens is 310 g/mol. The van der Waals surface area contributed by atoms with Gasteiger partial charge in [0.1, 0.15) is 5.60 Å². The standard InChI is InChI=1S/C19H26ClNO2/c1-14-6-5-7-17(20)16(14)9-8-15-10-12-21(13-11-15)18(22)23-19(2,3)4/h5-9,15H,10-13H2,1-4H3/b9-8+. The maximum absolute atomic E-state index is 12.1. The third kappa shape index (κ3) is 5.28. The zero-order chi connectivity index (χ0) is 17.0. The van der Waals surface area contributed by atoms with Gasteiger partial charge in [-0.25, -0.2) is 4.79 Å². The number of benzene rings is 1. The number of allylic oxidation sites excluding steroid dienone is 1. The molecule has 0 radical (unpaired) electrons. The summed E-state index contributed by atoms with van der Waals surface area (Å²) in [6.45, 7) is 9.23. The van der Waals surface area contributed by atoms with E-state index in [0.717, 1.165) is 36.5 Å². The highest BCUT2D eigenvalue weighted by Gasteiger charge is 2.25. The number of carbonyl (C=O) groups excluding carboxylic acids is 1. The van der Waals surface area contributed by atoms with Gasteiger partial charge in [-0.1, -0.05) is 35.9 Å². The van der Waals surface area contributed by atoms with E-state index >= 15 is 0 Å². The van der Waals surface area contributed by atoms with Crippen LogP contribution in [0, 0.1) is 12.8 Å². The summed E-state index contributed by atoms with van der Waals surface area (Å²) in [5.74, 6) is 0.476. The lowest BCUT2D eigenvalue weighted by atomic mass is 9.95. The summed E-state index contributed by atoms with van der Waals surface area (Å²) < 4.78 is 5.42. The smallest absolute Gasteiger partial charge is 0.410 e. The molecule has 0 aliphatic carbocycles. The molecule has 1 saturated heterocycles. The summed E-state index contributed by atoms with van der Waals surface area (Å²) in [4.78, 5) is 13.9. The summed E-state index contributed by atoms with van der Waals surface area (Å²) in [5, 5.41) is 0.785. The van der Waals surface area contributed by atoms with E-state index in [2.05, 4.69) is 25.1 Å². The molecule has 0 unspecified atom stereocenters. The van der Waals surface area contributed by atoms with Crippen molar-refractivity contribution in [1.29, 1.82) is 0 Å². The van der Waals surface area contributed by atoms with Gasteiger partial charge in [0.15, 0.2) is 0 Å². The first-order chi connectivity index (χ1) is 10.8. The lowest BCUT2D eigenvalue weighted by Crippen LogP contribution is -2.41. The van der Waals surface area contributed by atoms with Gasteiger partial charge in [0.05, 0.1) is 0 Å². The number of ether oxygens (including phenoxy) is 1. The number of likely N-dealkylation sites (tertiary alicyclic amines) is 1. The van der Waals surface area contributed by atoms with Crippen molar-refractivity contribution >= 4 is 23.8 Å². The Balaban J connectivity index is 1.90. The van der Waals surface area contributed by atoms with Crippen molar-refractivity contribution in [2.75, 3.05) is 13.1 Å². The molecule has 3 nitrogen and oxygen atoms in total. The molecule has 1 aromatic rings. The van der Waals surface area contributed by atoms with E-state index in [9.17, 15) is 4.79 Å². The van der Waals surface area contributed by atoms with Gasteiger partial charge in [0.25, 0.3) is 0 Å².